The summed E-state index contributed by atoms with van der Waals surface area (Å²) in [4.78, 5) is 0.255. The van der Waals surface area contributed by atoms with Crippen LogP contribution < -0.4 is 4.72 Å². The molecule has 1 aliphatic rings. The molecule has 0 atom stereocenters. The molecular weight excluding hydrogens is 354 g/mol. The number of nitrogens with zero attached hydrogens (tertiary/aromatic N) is 2. The maximum Gasteiger partial charge on any atom is 0.243 e. The average molecular weight is 382 g/mol. The molecule has 1 fully saturated rings. The monoisotopic (exact) mass is 381 g/mol. The van der Waals surface area contributed by atoms with Crippen molar-refractivity contribution in [1.29, 1.82) is 0 Å². The Morgan fingerprint density at radius 2 is 1.48 bits per heavy atom. The summed E-state index contributed by atoms with van der Waals surface area (Å²) in [7, 11) is -3.57. The van der Waals surface area contributed by atoms with Gasteiger partial charge < -0.3 is 0 Å². The Balaban J connectivity index is 1.71. The molecule has 0 saturated heterocycles. The molecule has 0 bridgehead atoms. The number of fused-ring (bicyclic) bond motifs is 1. The first-order valence-corrected chi connectivity index (χ1v) is 11.6. The first-order valence-electron chi connectivity index (χ1n) is 9.40. The summed E-state index contributed by atoms with van der Waals surface area (Å²) in [6.07, 6.45) is 12.9. The molecule has 1 aliphatic carbocycles. The van der Waals surface area contributed by atoms with Crippen molar-refractivity contribution in [3.8, 4) is 0 Å². The second kappa shape index (κ2) is 9.05. The molecule has 1 aromatic heterocycles. The van der Waals surface area contributed by atoms with Gasteiger partial charge in [-0.1, -0.05) is 63.9 Å². The summed E-state index contributed by atoms with van der Waals surface area (Å²) in [6.45, 7) is 0. The third-order valence-corrected chi connectivity index (χ3v) is 7.06. The van der Waals surface area contributed by atoms with E-state index in [2.05, 4.69) is 13.5 Å². The standard InChI is InChI=1S/C18H27N3O2S2/c22-25(23,17-14-10-13-16-18(17)20-24-19-16)21-15-11-8-6-4-2-1-3-5-7-9-12-15/h10,13-15,21H,1-9,11-12H2. The van der Waals surface area contributed by atoms with Crippen molar-refractivity contribution in [2.45, 2.75) is 81.6 Å². The zero-order chi connectivity index (χ0) is 17.5. The first kappa shape index (κ1) is 18.7. The Bertz CT molecular complexity index is 761. The summed E-state index contributed by atoms with van der Waals surface area (Å²) >= 11 is 1.05. The normalized spacial score (nSPS) is 19.4. The van der Waals surface area contributed by atoms with Crippen LogP contribution in [0.3, 0.4) is 0 Å². The van der Waals surface area contributed by atoms with Crippen LogP contribution in [0.1, 0.15) is 70.6 Å². The molecule has 1 saturated carbocycles. The second-order valence-corrected chi connectivity index (χ2v) is 9.18. The largest absolute Gasteiger partial charge is 0.243 e. The van der Waals surface area contributed by atoms with Crippen LogP contribution in [0.15, 0.2) is 23.1 Å². The lowest BCUT2D eigenvalue weighted by molar-refractivity contribution is 0.440. The van der Waals surface area contributed by atoms with Gasteiger partial charge in [0.1, 0.15) is 15.9 Å². The van der Waals surface area contributed by atoms with E-state index in [1.54, 1.807) is 18.2 Å². The highest BCUT2D eigenvalue weighted by molar-refractivity contribution is 7.89. The number of benzene rings is 1. The molecule has 1 N–H and O–H groups in total. The van der Waals surface area contributed by atoms with Crippen LogP contribution in [0.4, 0.5) is 0 Å². The molecule has 7 heteroatoms. The van der Waals surface area contributed by atoms with Gasteiger partial charge in [-0.05, 0) is 25.0 Å². The van der Waals surface area contributed by atoms with Gasteiger partial charge in [0.15, 0.2) is 0 Å². The lowest BCUT2D eigenvalue weighted by Gasteiger charge is -2.19. The van der Waals surface area contributed by atoms with Gasteiger partial charge in [-0.3, -0.25) is 0 Å². The van der Waals surface area contributed by atoms with Gasteiger partial charge in [0, 0.05) is 6.04 Å². The van der Waals surface area contributed by atoms with E-state index in [9.17, 15) is 8.42 Å². The van der Waals surface area contributed by atoms with Crippen molar-refractivity contribution in [3.05, 3.63) is 18.2 Å². The van der Waals surface area contributed by atoms with Gasteiger partial charge >= 0.3 is 0 Å². The van der Waals surface area contributed by atoms with Crippen LogP contribution in [-0.2, 0) is 10.0 Å². The van der Waals surface area contributed by atoms with E-state index in [0.717, 1.165) is 37.4 Å². The molecule has 0 amide bonds. The zero-order valence-corrected chi connectivity index (χ0v) is 16.2. The molecule has 2 aromatic rings. The molecule has 0 spiro atoms. The van der Waals surface area contributed by atoms with Crippen molar-refractivity contribution in [1.82, 2.24) is 13.5 Å². The minimum absolute atomic E-state index is 0.0197. The molecule has 5 nitrogen and oxygen atoms in total. The first-order chi connectivity index (χ1) is 12.2. The second-order valence-electron chi connectivity index (χ2n) is 6.97. The number of aromatic nitrogens is 2. The molecule has 3 rings (SSSR count). The average Bonchev–Trinajstić information content (AvgIpc) is 3.05. The van der Waals surface area contributed by atoms with E-state index < -0.39 is 10.0 Å². The number of sulfonamides is 1. The lowest BCUT2D eigenvalue weighted by Crippen LogP contribution is -2.35. The number of hydrogen-bond donors (Lipinski definition) is 1. The third-order valence-electron chi connectivity index (χ3n) is 4.97. The number of hydrogen-bond acceptors (Lipinski definition) is 5. The van der Waals surface area contributed by atoms with Crippen LogP contribution in [0.5, 0.6) is 0 Å². The van der Waals surface area contributed by atoms with E-state index in [1.165, 1.54) is 44.9 Å². The third kappa shape index (κ3) is 5.21. The smallest absolute Gasteiger partial charge is 0.208 e. The van der Waals surface area contributed by atoms with Crippen LogP contribution in [0, 0.1) is 0 Å². The molecule has 0 unspecified atom stereocenters. The molecule has 138 valence electrons. The fourth-order valence-corrected chi connectivity index (χ4v) is 5.63. The van der Waals surface area contributed by atoms with E-state index in [0.29, 0.717) is 11.0 Å². The van der Waals surface area contributed by atoms with E-state index in [1.807, 2.05) is 0 Å². The summed E-state index contributed by atoms with van der Waals surface area (Å²) in [5.41, 5.74) is 1.12. The Kier molecular flexibility index (Phi) is 6.78. The van der Waals surface area contributed by atoms with Crippen molar-refractivity contribution in [3.63, 3.8) is 0 Å². The predicted molar refractivity (Wildman–Crippen MR) is 102 cm³/mol. The molecule has 1 heterocycles. The fraction of sp³-hybridized carbons (Fsp3) is 0.667. The van der Waals surface area contributed by atoms with Crippen LogP contribution in [-0.4, -0.2) is 23.2 Å². The van der Waals surface area contributed by atoms with Crippen molar-refractivity contribution >= 4 is 32.8 Å². The summed E-state index contributed by atoms with van der Waals surface area (Å²) in [5.74, 6) is 0. The van der Waals surface area contributed by atoms with Crippen LogP contribution in [0.2, 0.25) is 0 Å². The SMILES string of the molecule is O=S(=O)(NC1CCCCCCCCCCC1)c1cccc2nsnc12. The highest BCUT2D eigenvalue weighted by Gasteiger charge is 2.23. The lowest BCUT2D eigenvalue weighted by atomic mass is 9.98. The summed E-state index contributed by atoms with van der Waals surface area (Å²) < 4.78 is 37.1. The van der Waals surface area contributed by atoms with Gasteiger partial charge in [0.25, 0.3) is 0 Å². The topological polar surface area (TPSA) is 72.0 Å². The maximum absolute atomic E-state index is 12.9. The molecule has 25 heavy (non-hydrogen) atoms. The van der Waals surface area contributed by atoms with Gasteiger partial charge in [0.05, 0.1) is 11.7 Å². The van der Waals surface area contributed by atoms with Gasteiger partial charge in [0.2, 0.25) is 10.0 Å². The highest BCUT2D eigenvalue weighted by Crippen LogP contribution is 2.23. The Morgan fingerprint density at radius 3 is 2.12 bits per heavy atom. The Morgan fingerprint density at radius 1 is 0.880 bits per heavy atom. The number of rotatable bonds is 3. The van der Waals surface area contributed by atoms with Gasteiger partial charge in [-0.2, -0.15) is 8.75 Å². The van der Waals surface area contributed by atoms with Gasteiger partial charge in [-0.25, -0.2) is 13.1 Å². The Labute approximate surface area is 154 Å². The van der Waals surface area contributed by atoms with Crippen LogP contribution >= 0.6 is 11.7 Å². The highest BCUT2D eigenvalue weighted by atomic mass is 32.2. The maximum atomic E-state index is 12.9. The summed E-state index contributed by atoms with van der Waals surface area (Å²) in [6, 6.07) is 5.18. The van der Waals surface area contributed by atoms with Crippen molar-refractivity contribution < 1.29 is 8.42 Å². The molecule has 1 aromatic carbocycles. The Hall–Kier alpha value is -1.05. The zero-order valence-electron chi connectivity index (χ0n) is 14.6. The minimum Gasteiger partial charge on any atom is -0.208 e. The molecule has 0 radical (unpaired) electrons. The predicted octanol–water partition coefficient (Wildman–Crippen LogP) is 4.64. The van der Waals surface area contributed by atoms with Gasteiger partial charge in [-0.15, -0.1) is 0 Å². The molecule has 0 aliphatic heterocycles. The number of nitrogens with one attached hydrogen (secondary N) is 1. The van der Waals surface area contributed by atoms with Crippen molar-refractivity contribution in [2.24, 2.45) is 0 Å². The van der Waals surface area contributed by atoms with E-state index >= 15 is 0 Å². The summed E-state index contributed by atoms with van der Waals surface area (Å²) in [5, 5.41) is 0. The quantitative estimate of drug-likeness (QED) is 0.840. The fourth-order valence-electron chi connectivity index (χ4n) is 3.56. The van der Waals surface area contributed by atoms with E-state index in [4.69, 9.17) is 0 Å². The van der Waals surface area contributed by atoms with E-state index in [-0.39, 0.29) is 10.9 Å². The van der Waals surface area contributed by atoms with Crippen molar-refractivity contribution in [2.75, 3.05) is 0 Å². The van der Waals surface area contributed by atoms with Crippen LogP contribution in [0.25, 0.3) is 11.0 Å². The minimum atomic E-state index is -3.57. The molecular formula is C18H27N3O2S2.